The lowest BCUT2D eigenvalue weighted by Crippen LogP contribution is -2.44. The van der Waals surface area contributed by atoms with E-state index in [1.54, 1.807) is 30.3 Å². The molecule has 1 aliphatic heterocycles. The number of amides is 1. The molecule has 1 N–H and O–H groups in total. The number of carboxylic acid groups (broad SMARTS) is 1. The third kappa shape index (κ3) is 3.86. The van der Waals surface area contributed by atoms with Crippen molar-refractivity contribution in [3.63, 3.8) is 0 Å². The Morgan fingerprint density at radius 1 is 1.23 bits per heavy atom. The van der Waals surface area contributed by atoms with Crippen LogP contribution in [-0.4, -0.2) is 34.5 Å². The van der Waals surface area contributed by atoms with E-state index in [-0.39, 0.29) is 24.3 Å². The number of benzene rings is 2. The molecule has 2 aromatic rings. The zero-order valence-corrected chi connectivity index (χ0v) is 14.3. The van der Waals surface area contributed by atoms with E-state index in [4.69, 9.17) is 16.3 Å². The van der Waals surface area contributed by atoms with Gasteiger partial charge in [-0.3, -0.25) is 4.79 Å². The summed E-state index contributed by atoms with van der Waals surface area (Å²) < 4.78 is 19.5. The number of para-hydroxylation sites is 1. The Morgan fingerprint density at radius 2 is 1.92 bits per heavy atom. The molecule has 0 fully saturated rings. The Balaban J connectivity index is 1.76. The largest absolute Gasteiger partial charge is 0.480 e. The van der Waals surface area contributed by atoms with Crippen molar-refractivity contribution in [3.8, 4) is 5.75 Å². The number of carbonyl (C=O) groups excluding carboxylic acids is 1. The molecule has 3 rings (SSSR count). The van der Waals surface area contributed by atoms with E-state index in [0.29, 0.717) is 10.8 Å². The highest BCUT2D eigenvalue weighted by Crippen LogP contribution is 2.27. The highest BCUT2D eigenvalue weighted by molar-refractivity contribution is 6.32. The Morgan fingerprint density at radius 3 is 2.62 bits per heavy atom. The topological polar surface area (TPSA) is 66.8 Å². The van der Waals surface area contributed by atoms with Gasteiger partial charge in [-0.05, 0) is 23.8 Å². The van der Waals surface area contributed by atoms with Gasteiger partial charge in [-0.15, -0.1) is 0 Å². The number of ether oxygens (including phenoxy) is 1. The first-order valence-corrected chi connectivity index (χ1v) is 8.23. The van der Waals surface area contributed by atoms with Crippen molar-refractivity contribution in [2.45, 2.75) is 12.5 Å². The zero-order valence-electron chi connectivity index (χ0n) is 13.6. The second-order valence-electron chi connectivity index (χ2n) is 5.76. The standard InChI is InChI=1S/C19H15ClFNO4/c20-14-6-2-4-8-17(14)26-13-10-18(23)22(11-13)16(19(24)25)9-12-5-1-3-7-15(12)21/h1-8,10,16H,9,11H2,(H,24,25)/t16-/m0/s1. The maximum Gasteiger partial charge on any atom is 0.326 e. The molecule has 1 heterocycles. The van der Waals surface area contributed by atoms with Crippen LogP contribution in [-0.2, 0) is 16.0 Å². The van der Waals surface area contributed by atoms with Crippen LogP contribution in [0.4, 0.5) is 4.39 Å². The van der Waals surface area contributed by atoms with Gasteiger partial charge in [0.05, 0.1) is 11.6 Å². The average molecular weight is 376 g/mol. The predicted octanol–water partition coefficient (Wildman–Crippen LogP) is 3.28. The number of hydrogen-bond acceptors (Lipinski definition) is 3. The summed E-state index contributed by atoms with van der Waals surface area (Å²) >= 11 is 6.03. The zero-order chi connectivity index (χ0) is 18.7. The van der Waals surface area contributed by atoms with Crippen molar-refractivity contribution >= 4 is 23.5 Å². The summed E-state index contributed by atoms with van der Waals surface area (Å²) in [6, 6.07) is 11.4. The predicted molar refractivity (Wildman–Crippen MR) is 93.4 cm³/mol. The molecular formula is C19H15ClFNO4. The van der Waals surface area contributed by atoms with Crippen LogP contribution in [0.1, 0.15) is 5.56 Å². The van der Waals surface area contributed by atoms with Gasteiger partial charge in [0.15, 0.2) is 0 Å². The summed E-state index contributed by atoms with van der Waals surface area (Å²) in [6.45, 7) is -0.0323. The second-order valence-corrected chi connectivity index (χ2v) is 6.17. The van der Waals surface area contributed by atoms with Gasteiger partial charge in [-0.1, -0.05) is 41.9 Å². The summed E-state index contributed by atoms with van der Waals surface area (Å²) in [7, 11) is 0. The molecule has 0 aromatic heterocycles. The minimum absolute atomic E-state index is 0.0323. The lowest BCUT2D eigenvalue weighted by molar-refractivity contribution is -0.147. The minimum atomic E-state index is -1.21. The maximum atomic E-state index is 13.9. The first kappa shape index (κ1) is 17.9. The van der Waals surface area contributed by atoms with E-state index in [1.165, 1.54) is 24.3 Å². The smallest absolute Gasteiger partial charge is 0.326 e. The van der Waals surface area contributed by atoms with Gasteiger partial charge in [0.2, 0.25) is 0 Å². The van der Waals surface area contributed by atoms with Crippen molar-refractivity contribution < 1.29 is 23.8 Å². The summed E-state index contributed by atoms with van der Waals surface area (Å²) in [4.78, 5) is 25.1. The van der Waals surface area contributed by atoms with E-state index < -0.39 is 23.7 Å². The normalized spacial score (nSPS) is 14.9. The first-order chi connectivity index (χ1) is 12.5. The first-order valence-electron chi connectivity index (χ1n) is 7.85. The number of carboxylic acids is 1. The van der Waals surface area contributed by atoms with Crippen molar-refractivity contribution in [1.29, 1.82) is 0 Å². The molecule has 7 heteroatoms. The Kier molecular flexibility index (Phi) is 5.23. The van der Waals surface area contributed by atoms with Gasteiger partial charge in [0.1, 0.15) is 23.4 Å². The van der Waals surface area contributed by atoms with Crippen LogP contribution in [0.2, 0.25) is 5.02 Å². The molecule has 26 heavy (non-hydrogen) atoms. The van der Waals surface area contributed by atoms with Crippen LogP contribution < -0.4 is 4.74 Å². The number of rotatable bonds is 6. The SMILES string of the molecule is O=C(O)[C@H](Cc1ccccc1F)N1CC(Oc2ccccc2Cl)=CC1=O. The molecule has 1 aliphatic rings. The monoisotopic (exact) mass is 375 g/mol. The highest BCUT2D eigenvalue weighted by atomic mass is 35.5. The van der Waals surface area contributed by atoms with Crippen LogP contribution in [0.15, 0.2) is 60.4 Å². The van der Waals surface area contributed by atoms with E-state index in [9.17, 15) is 19.1 Å². The van der Waals surface area contributed by atoms with Gasteiger partial charge in [0, 0.05) is 12.5 Å². The molecule has 5 nitrogen and oxygen atoms in total. The fraction of sp³-hybridized carbons (Fsp3) is 0.158. The molecule has 0 bridgehead atoms. The molecular weight excluding hydrogens is 361 g/mol. The lowest BCUT2D eigenvalue weighted by Gasteiger charge is -2.24. The molecule has 134 valence electrons. The fourth-order valence-electron chi connectivity index (χ4n) is 2.71. The number of hydrogen-bond donors (Lipinski definition) is 1. The quantitative estimate of drug-likeness (QED) is 0.841. The molecule has 0 saturated heterocycles. The number of aliphatic carboxylic acids is 1. The number of halogens is 2. The molecule has 0 unspecified atom stereocenters. The lowest BCUT2D eigenvalue weighted by atomic mass is 10.0. The van der Waals surface area contributed by atoms with Crippen LogP contribution in [0.25, 0.3) is 0 Å². The van der Waals surface area contributed by atoms with Gasteiger partial charge in [0.25, 0.3) is 5.91 Å². The van der Waals surface area contributed by atoms with E-state index in [0.717, 1.165) is 4.90 Å². The van der Waals surface area contributed by atoms with Gasteiger partial charge < -0.3 is 14.7 Å². The number of carbonyl (C=O) groups is 2. The molecule has 1 atom stereocenters. The minimum Gasteiger partial charge on any atom is -0.480 e. The third-order valence-corrected chi connectivity index (χ3v) is 4.32. The van der Waals surface area contributed by atoms with Crippen LogP contribution in [0.3, 0.4) is 0 Å². The highest BCUT2D eigenvalue weighted by Gasteiger charge is 2.34. The van der Waals surface area contributed by atoms with Gasteiger partial charge in [-0.25, -0.2) is 9.18 Å². The fourth-order valence-corrected chi connectivity index (χ4v) is 2.88. The summed E-state index contributed by atoms with van der Waals surface area (Å²) in [5, 5.41) is 9.90. The average Bonchev–Trinajstić information content (AvgIpc) is 2.96. The molecule has 0 radical (unpaired) electrons. The van der Waals surface area contributed by atoms with Crippen molar-refractivity contribution in [2.75, 3.05) is 6.54 Å². The third-order valence-electron chi connectivity index (χ3n) is 4.00. The van der Waals surface area contributed by atoms with Crippen LogP contribution in [0, 0.1) is 5.82 Å². The molecule has 2 aromatic carbocycles. The maximum absolute atomic E-state index is 13.9. The number of nitrogens with zero attached hydrogens (tertiary/aromatic N) is 1. The molecule has 1 amide bonds. The summed E-state index contributed by atoms with van der Waals surface area (Å²) in [5.74, 6) is -1.57. The van der Waals surface area contributed by atoms with E-state index in [1.807, 2.05) is 0 Å². The molecule has 0 saturated carbocycles. The Hall–Kier alpha value is -2.86. The van der Waals surface area contributed by atoms with Crippen molar-refractivity contribution in [3.05, 3.63) is 76.8 Å². The van der Waals surface area contributed by atoms with Crippen LogP contribution in [0.5, 0.6) is 5.75 Å². The van der Waals surface area contributed by atoms with Crippen LogP contribution >= 0.6 is 11.6 Å². The van der Waals surface area contributed by atoms with E-state index >= 15 is 0 Å². The second kappa shape index (κ2) is 7.58. The van der Waals surface area contributed by atoms with Crippen molar-refractivity contribution in [1.82, 2.24) is 4.90 Å². The summed E-state index contributed by atoms with van der Waals surface area (Å²) in [6.07, 6.45) is 1.08. The molecule has 0 spiro atoms. The Bertz CT molecular complexity index is 883. The van der Waals surface area contributed by atoms with Gasteiger partial charge >= 0.3 is 5.97 Å². The summed E-state index contributed by atoms with van der Waals surface area (Å²) in [5.41, 5.74) is 0.230. The van der Waals surface area contributed by atoms with Gasteiger partial charge in [-0.2, -0.15) is 0 Å². The molecule has 0 aliphatic carbocycles. The Labute approximate surface area is 154 Å². The van der Waals surface area contributed by atoms with Crippen molar-refractivity contribution in [2.24, 2.45) is 0 Å². The van der Waals surface area contributed by atoms with E-state index in [2.05, 4.69) is 0 Å².